The molecule has 0 spiro atoms. The van der Waals surface area contributed by atoms with Crippen LogP contribution in [0, 0.1) is 6.92 Å². The highest BCUT2D eigenvalue weighted by Crippen LogP contribution is 2.28. The molecule has 0 aromatic heterocycles. The molecule has 0 radical (unpaired) electrons. The van der Waals surface area contributed by atoms with Crippen molar-refractivity contribution in [2.75, 3.05) is 0 Å². The normalized spacial score (nSPS) is 11.3. The summed E-state index contributed by atoms with van der Waals surface area (Å²) in [5, 5.41) is 0. The summed E-state index contributed by atoms with van der Waals surface area (Å²) in [4.78, 5) is 0.0500. The molecule has 6 heteroatoms. The molecule has 0 aliphatic rings. The molecule has 0 saturated heterocycles. The number of aryl methyl sites for hydroxylation is 1. The lowest BCUT2D eigenvalue weighted by atomic mass is 10.2. The predicted octanol–water partition coefficient (Wildman–Crippen LogP) is 4.48. The maximum Gasteiger partial charge on any atom is 0.261 e. The van der Waals surface area contributed by atoms with Crippen LogP contribution in [0.3, 0.4) is 0 Å². The lowest BCUT2D eigenvalue weighted by Gasteiger charge is -2.09. The summed E-state index contributed by atoms with van der Waals surface area (Å²) in [6, 6.07) is 11.6. The first-order chi connectivity index (χ1) is 8.86. The first kappa shape index (κ1) is 14.4. The zero-order valence-corrected chi connectivity index (χ0v) is 13.1. The number of rotatable bonds is 3. The van der Waals surface area contributed by atoms with Gasteiger partial charge in [0.1, 0.15) is 11.5 Å². The molecule has 0 atom stereocenters. The largest absolute Gasteiger partial charge is 0.457 e. The fourth-order valence-electron chi connectivity index (χ4n) is 1.52. The van der Waals surface area contributed by atoms with Gasteiger partial charge in [-0.3, -0.25) is 0 Å². The van der Waals surface area contributed by atoms with Crippen LogP contribution in [0.2, 0.25) is 0 Å². The third-order valence-corrected chi connectivity index (χ3v) is 4.33. The highest BCUT2D eigenvalue weighted by atomic mass is 79.9. The van der Waals surface area contributed by atoms with E-state index in [-0.39, 0.29) is 4.90 Å². The van der Waals surface area contributed by atoms with Crippen LogP contribution in [0.15, 0.2) is 51.8 Å². The van der Waals surface area contributed by atoms with Gasteiger partial charge in [-0.2, -0.15) is 0 Å². The van der Waals surface area contributed by atoms with Crippen molar-refractivity contribution in [2.24, 2.45) is 0 Å². The average molecular weight is 362 g/mol. The SMILES string of the molecule is Cc1cc(Br)ccc1Oc1ccc(S(=O)(=O)Cl)cc1. The van der Waals surface area contributed by atoms with Crippen molar-refractivity contribution in [1.82, 2.24) is 0 Å². The molecule has 0 N–H and O–H groups in total. The molecule has 3 nitrogen and oxygen atoms in total. The van der Waals surface area contributed by atoms with E-state index in [1.807, 2.05) is 25.1 Å². The molecule has 0 bridgehead atoms. The van der Waals surface area contributed by atoms with Crippen LogP contribution < -0.4 is 4.74 Å². The van der Waals surface area contributed by atoms with E-state index >= 15 is 0 Å². The van der Waals surface area contributed by atoms with Crippen LogP contribution in [0.5, 0.6) is 11.5 Å². The van der Waals surface area contributed by atoms with E-state index in [1.54, 1.807) is 12.1 Å². The fourth-order valence-corrected chi connectivity index (χ4v) is 2.77. The van der Waals surface area contributed by atoms with Gasteiger partial charge in [0.2, 0.25) is 0 Å². The Morgan fingerprint density at radius 1 is 1.11 bits per heavy atom. The van der Waals surface area contributed by atoms with Crippen LogP contribution in [0.1, 0.15) is 5.56 Å². The highest BCUT2D eigenvalue weighted by Gasteiger charge is 2.09. The second kappa shape index (κ2) is 5.53. The topological polar surface area (TPSA) is 43.4 Å². The van der Waals surface area contributed by atoms with E-state index in [0.717, 1.165) is 10.0 Å². The van der Waals surface area contributed by atoms with Crippen molar-refractivity contribution >= 4 is 35.7 Å². The second-order valence-electron chi connectivity index (χ2n) is 3.92. The predicted molar refractivity (Wildman–Crippen MR) is 78.4 cm³/mol. The Bertz CT molecular complexity index is 696. The van der Waals surface area contributed by atoms with Crippen LogP contribution >= 0.6 is 26.6 Å². The molecule has 100 valence electrons. The van der Waals surface area contributed by atoms with Gasteiger partial charge in [0.05, 0.1) is 4.90 Å². The first-order valence-electron chi connectivity index (χ1n) is 5.35. The van der Waals surface area contributed by atoms with E-state index < -0.39 is 9.05 Å². The monoisotopic (exact) mass is 360 g/mol. The van der Waals surface area contributed by atoms with Gasteiger partial charge < -0.3 is 4.74 Å². The number of halogens is 2. The van der Waals surface area contributed by atoms with Gasteiger partial charge in [-0.1, -0.05) is 15.9 Å². The summed E-state index contributed by atoms with van der Waals surface area (Å²) in [7, 11) is 1.54. The van der Waals surface area contributed by atoms with Crippen molar-refractivity contribution in [3.63, 3.8) is 0 Å². The minimum Gasteiger partial charge on any atom is -0.457 e. The van der Waals surface area contributed by atoms with Crippen LogP contribution in [0.25, 0.3) is 0 Å². The molecule has 0 saturated carbocycles. The van der Waals surface area contributed by atoms with E-state index in [2.05, 4.69) is 15.9 Å². The summed E-state index contributed by atoms with van der Waals surface area (Å²) < 4.78 is 28.9. The molecule has 19 heavy (non-hydrogen) atoms. The van der Waals surface area contributed by atoms with Crippen molar-refractivity contribution in [2.45, 2.75) is 11.8 Å². The fraction of sp³-hybridized carbons (Fsp3) is 0.0769. The van der Waals surface area contributed by atoms with E-state index in [4.69, 9.17) is 15.4 Å². The molecular formula is C13H10BrClO3S. The lowest BCUT2D eigenvalue weighted by Crippen LogP contribution is -1.91. The zero-order valence-electron chi connectivity index (χ0n) is 9.93. The first-order valence-corrected chi connectivity index (χ1v) is 8.45. The molecule has 0 aliphatic heterocycles. The minimum absolute atomic E-state index is 0.0500. The number of hydrogen-bond acceptors (Lipinski definition) is 3. The molecule has 2 rings (SSSR count). The van der Waals surface area contributed by atoms with Gasteiger partial charge in [-0.25, -0.2) is 8.42 Å². The number of ether oxygens (including phenoxy) is 1. The third kappa shape index (κ3) is 3.72. The van der Waals surface area contributed by atoms with Crippen molar-refractivity contribution < 1.29 is 13.2 Å². The van der Waals surface area contributed by atoms with Crippen molar-refractivity contribution in [3.05, 3.63) is 52.5 Å². The Morgan fingerprint density at radius 2 is 1.74 bits per heavy atom. The molecule has 2 aromatic rings. The minimum atomic E-state index is -3.70. The Labute approximate surface area is 124 Å². The third-order valence-electron chi connectivity index (χ3n) is 2.47. The van der Waals surface area contributed by atoms with Crippen LogP contribution in [-0.2, 0) is 9.05 Å². The summed E-state index contributed by atoms with van der Waals surface area (Å²) in [5.41, 5.74) is 0.975. The van der Waals surface area contributed by atoms with Gasteiger partial charge in [-0.15, -0.1) is 0 Å². The molecule has 0 aliphatic carbocycles. The molecule has 0 heterocycles. The van der Waals surface area contributed by atoms with E-state index in [1.165, 1.54) is 12.1 Å². The summed E-state index contributed by atoms with van der Waals surface area (Å²) in [5.74, 6) is 1.26. The molecule has 0 amide bonds. The quantitative estimate of drug-likeness (QED) is 0.757. The van der Waals surface area contributed by atoms with Crippen molar-refractivity contribution in [1.29, 1.82) is 0 Å². The summed E-state index contributed by atoms with van der Waals surface area (Å²) in [6.45, 7) is 1.93. The van der Waals surface area contributed by atoms with Crippen LogP contribution in [-0.4, -0.2) is 8.42 Å². The standard InChI is InChI=1S/C13H10BrClO3S/c1-9-8-10(14)2-7-13(9)18-11-3-5-12(6-4-11)19(15,16)17/h2-8H,1H3. The van der Waals surface area contributed by atoms with Gasteiger partial charge >= 0.3 is 0 Å². The highest BCUT2D eigenvalue weighted by molar-refractivity contribution is 9.10. The molecule has 2 aromatic carbocycles. The van der Waals surface area contributed by atoms with Crippen LogP contribution in [0.4, 0.5) is 0 Å². The Balaban J connectivity index is 2.25. The van der Waals surface area contributed by atoms with Gasteiger partial charge in [-0.05, 0) is 55.0 Å². The average Bonchev–Trinajstić information content (AvgIpc) is 2.32. The number of benzene rings is 2. The second-order valence-corrected chi connectivity index (χ2v) is 7.40. The van der Waals surface area contributed by atoms with E-state index in [0.29, 0.717) is 11.5 Å². The smallest absolute Gasteiger partial charge is 0.261 e. The lowest BCUT2D eigenvalue weighted by molar-refractivity contribution is 0.478. The Kier molecular flexibility index (Phi) is 4.18. The van der Waals surface area contributed by atoms with E-state index in [9.17, 15) is 8.42 Å². The summed E-state index contributed by atoms with van der Waals surface area (Å²) in [6.07, 6.45) is 0. The van der Waals surface area contributed by atoms with Crippen molar-refractivity contribution in [3.8, 4) is 11.5 Å². The maximum absolute atomic E-state index is 11.1. The molecule has 0 fully saturated rings. The Hall–Kier alpha value is -1.04. The molecule has 0 unspecified atom stereocenters. The molecular weight excluding hydrogens is 352 g/mol. The van der Waals surface area contributed by atoms with Gasteiger partial charge in [0.25, 0.3) is 9.05 Å². The Morgan fingerprint density at radius 3 is 2.26 bits per heavy atom. The maximum atomic E-state index is 11.1. The summed E-state index contributed by atoms with van der Waals surface area (Å²) >= 11 is 3.38. The number of hydrogen-bond donors (Lipinski definition) is 0. The zero-order chi connectivity index (χ0) is 14.0. The van der Waals surface area contributed by atoms with Gasteiger partial charge in [0.15, 0.2) is 0 Å². The van der Waals surface area contributed by atoms with Gasteiger partial charge in [0, 0.05) is 15.2 Å².